The number of hydrogen-bond acceptors (Lipinski definition) is 1. The lowest BCUT2D eigenvalue weighted by molar-refractivity contribution is -0.213. The zero-order valence-electron chi connectivity index (χ0n) is 21.9. The predicted octanol–water partition coefficient (Wildman–Crippen LogP) is 10.5. The Morgan fingerprint density at radius 1 is 0.683 bits per heavy atom. The zero-order chi connectivity index (χ0) is 29.3. The molecule has 8 heteroatoms. The molecular weight excluding hydrogens is 545 g/mol. The maximum Gasteiger partial charge on any atom is 0.407 e. The highest BCUT2D eigenvalue weighted by molar-refractivity contribution is 5.74. The molecule has 1 nitrogen and oxygen atoms in total. The Kier molecular flexibility index (Phi) is 7.93. The van der Waals surface area contributed by atoms with E-state index in [0.29, 0.717) is 24.5 Å². The predicted molar refractivity (Wildman–Crippen MR) is 144 cm³/mol. The Bertz CT molecular complexity index is 1550. The van der Waals surface area contributed by atoms with E-state index >= 15 is 8.78 Å². The van der Waals surface area contributed by atoms with Gasteiger partial charge in [0.1, 0.15) is 40.8 Å². The highest BCUT2D eigenvalue weighted by Gasteiger charge is 2.46. The van der Waals surface area contributed by atoms with Crippen molar-refractivity contribution in [3.63, 3.8) is 0 Å². The van der Waals surface area contributed by atoms with Gasteiger partial charge in [0.05, 0.1) is 5.56 Å². The molecule has 0 saturated carbocycles. The number of benzene rings is 4. The molecule has 0 radical (unpaired) electrons. The molecule has 1 aliphatic rings. The molecule has 0 aromatic heterocycles. The second-order valence-corrected chi connectivity index (χ2v) is 10.1. The van der Waals surface area contributed by atoms with Crippen LogP contribution in [0.5, 0.6) is 5.75 Å². The molecule has 0 N–H and O–H groups in total. The van der Waals surface area contributed by atoms with Crippen LogP contribution >= 0.6 is 0 Å². The van der Waals surface area contributed by atoms with Gasteiger partial charge in [-0.05, 0) is 89.9 Å². The number of allylic oxidation sites excluding steroid dienone is 1. The summed E-state index contributed by atoms with van der Waals surface area (Å²) in [7, 11) is 0. The second-order valence-electron chi connectivity index (χ2n) is 10.1. The third kappa shape index (κ3) is 6.01. The number of halogens is 7. The van der Waals surface area contributed by atoms with Crippen molar-refractivity contribution in [3.05, 3.63) is 114 Å². The first-order chi connectivity index (χ1) is 19.6. The quantitative estimate of drug-likeness (QED) is 0.201. The van der Waals surface area contributed by atoms with Crippen molar-refractivity contribution in [1.29, 1.82) is 0 Å². The van der Waals surface area contributed by atoms with E-state index in [2.05, 4.69) is 0 Å². The smallest absolute Gasteiger partial charge is 0.407 e. The highest BCUT2D eigenvalue weighted by Crippen LogP contribution is 2.42. The largest absolute Gasteiger partial charge is 0.432 e. The summed E-state index contributed by atoms with van der Waals surface area (Å²) in [5.41, 5.74) is 0.972. The van der Waals surface area contributed by atoms with Gasteiger partial charge in [0.15, 0.2) is 0 Å². The summed E-state index contributed by atoms with van der Waals surface area (Å²) in [6.07, 6.45) is -1.84. The van der Waals surface area contributed by atoms with Crippen LogP contribution in [-0.4, -0.2) is 6.11 Å². The van der Waals surface area contributed by atoms with Crippen LogP contribution < -0.4 is 4.74 Å². The second kappa shape index (κ2) is 11.4. The van der Waals surface area contributed by atoms with Crippen LogP contribution in [0.2, 0.25) is 0 Å². The lowest BCUT2D eigenvalue weighted by Crippen LogP contribution is -2.37. The first-order valence-corrected chi connectivity index (χ1v) is 13.1. The standard InChI is InChI=1S/C33H25F7O/c1-2-19-3-14-27(29(36)15-19)33(39,40)41-25-12-13-26(28(35)18-25)23-16-30(37)32(31(38)17-23)22-6-4-20(5-7-22)21-8-10-24(34)11-9-21/h4-13,15-19,27H,2-3,14H2,1H3. The highest BCUT2D eigenvalue weighted by atomic mass is 19.3. The Balaban J connectivity index is 1.36. The minimum atomic E-state index is -3.92. The number of rotatable bonds is 7. The fraction of sp³-hybridized carbons (Fsp3) is 0.212. The van der Waals surface area contributed by atoms with Gasteiger partial charge in [-0.2, -0.15) is 8.78 Å². The van der Waals surface area contributed by atoms with E-state index < -0.39 is 41.1 Å². The first kappa shape index (κ1) is 28.5. The molecule has 212 valence electrons. The molecule has 0 aliphatic heterocycles. The summed E-state index contributed by atoms with van der Waals surface area (Å²) in [4.78, 5) is 0. The van der Waals surface area contributed by atoms with Gasteiger partial charge in [0.2, 0.25) is 0 Å². The molecule has 1 aliphatic carbocycles. The van der Waals surface area contributed by atoms with Crippen molar-refractivity contribution in [3.8, 4) is 39.1 Å². The van der Waals surface area contributed by atoms with Gasteiger partial charge < -0.3 is 4.74 Å². The molecule has 2 atom stereocenters. The van der Waals surface area contributed by atoms with Crippen LogP contribution in [0.4, 0.5) is 30.7 Å². The third-order valence-electron chi connectivity index (χ3n) is 7.38. The van der Waals surface area contributed by atoms with E-state index in [-0.39, 0.29) is 40.4 Å². The Morgan fingerprint density at radius 3 is 1.83 bits per heavy atom. The molecule has 0 fully saturated rings. The summed E-state index contributed by atoms with van der Waals surface area (Å²) in [6, 6.07) is 16.8. The van der Waals surface area contributed by atoms with Gasteiger partial charge in [-0.15, -0.1) is 0 Å². The van der Waals surface area contributed by atoms with E-state index in [0.717, 1.165) is 29.8 Å². The van der Waals surface area contributed by atoms with E-state index in [9.17, 15) is 22.0 Å². The molecule has 5 rings (SSSR count). The van der Waals surface area contributed by atoms with Gasteiger partial charge in [0.25, 0.3) is 0 Å². The van der Waals surface area contributed by atoms with Gasteiger partial charge >= 0.3 is 6.11 Å². The molecule has 0 saturated heterocycles. The zero-order valence-corrected chi connectivity index (χ0v) is 21.9. The van der Waals surface area contributed by atoms with Crippen molar-refractivity contribution in [1.82, 2.24) is 0 Å². The monoisotopic (exact) mass is 570 g/mol. The molecule has 41 heavy (non-hydrogen) atoms. The van der Waals surface area contributed by atoms with Crippen LogP contribution in [0.3, 0.4) is 0 Å². The molecule has 0 bridgehead atoms. The lowest BCUT2D eigenvalue weighted by Gasteiger charge is -2.30. The number of ether oxygens (including phenoxy) is 1. The maximum atomic E-state index is 15.1. The van der Waals surface area contributed by atoms with Crippen LogP contribution in [0, 0.1) is 35.1 Å². The van der Waals surface area contributed by atoms with Crippen molar-refractivity contribution in [2.45, 2.75) is 32.3 Å². The minimum Gasteiger partial charge on any atom is -0.432 e. The SMILES string of the molecule is CCC1C=C(F)C(C(F)(F)Oc2ccc(-c3cc(F)c(-c4ccc(-c5ccc(F)cc5)cc4)c(F)c3)c(F)c2)CC1. The van der Waals surface area contributed by atoms with Gasteiger partial charge in [-0.3, -0.25) is 0 Å². The molecule has 0 heterocycles. The van der Waals surface area contributed by atoms with Crippen molar-refractivity contribution >= 4 is 0 Å². The molecular formula is C33H25F7O. The number of hydrogen-bond donors (Lipinski definition) is 0. The summed E-state index contributed by atoms with van der Waals surface area (Å²) in [5, 5.41) is 0. The number of alkyl halides is 2. The van der Waals surface area contributed by atoms with Gasteiger partial charge in [-0.25, -0.2) is 22.0 Å². The Labute approximate surface area is 232 Å². The molecule has 0 amide bonds. The summed E-state index contributed by atoms with van der Waals surface area (Å²) in [6.45, 7) is 1.84. The summed E-state index contributed by atoms with van der Waals surface area (Å²) in [5.74, 6) is -6.73. The van der Waals surface area contributed by atoms with Gasteiger partial charge in [-0.1, -0.05) is 43.3 Å². The summed E-state index contributed by atoms with van der Waals surface area (Å²) < 4.78 is 107. The Hall–Kier alpha value is -4.07. The van der Waals surface area contributed by atoms with Crippen molar-refractivity contribution in [2.75, 3.05) is 0 Å². The molecule has 4 aromatic rings. The summed E-state index contributed by atoms with van der Waals surface area (Å²) >= 11 is 0. The van der Waals surface area contributed by atoms with Crippen LogP contribution in [0.25, 0.3) is 33.4 Å². The van der Waals surface area contributed by atoms with Crippen LogP contribution in [0.1, 0.15) is 26.2 Å². The minimum absolute atomic E-state index is 0.117. The normalized spacial score (nSPS) is 17.3. The van der Waals surface area contributed by atoms with Crippen molar-refractivity contribution < 1.29 is 35.5 Å². The van der Waals surface area contributed by atoms with Gasteiger partial charge in [0, 0.05) is 11.6 Å². The van der Waals surface area contributed by atoms with E-state index in [1.165, 1.54) is 30.3 Å². The van der Waals surface area contributed by atoms with E-state index in [1.807, 2.05) is 6.92 Å². The lowest BCUT2D eigenvalue weighted by atomic mass is 9.85. The molecule has 2 unspecified atom stereocenters. The molecule has 0 spiro atoms. The fourth-order valence-electron chi connectivity index (χ4n) is 5.09. The fourth-order valence-corrected chi connectivity index (χ4v) is 5.09. The van der Waals surface area contributed by atoms with Crippen LogP contribution in [-0.2, 0) is 0 Å². The van der Waals surface area contributed by atoms with E-state index in [1.54, 1.807) is 24.3 Å². The Morgan fingerprint density at radius 2 is 1.27 bits per heavy atom. The topological polar surface area (TPSA) is 9.23 Å². The van der Waals surface area contributed by atoms with Crippen LogP contribution in [0.15, 0.2) is 90.8 Å². The van der Waals surface area contributed by atoms with Crippen molar-refractivity contribution in [2.24, 2.45) is 11.8 Å². The average Bonchev–Trinajstić information content (AvgIpc) is 2.93. The first-order valence-electron chi connectivity index (χ1n) is 13.1. The van der Waals surface area contributed by atoms with E-state index in [4.69, 9.17) is 4.74 Å². The third-order valence-corrected chi connectivity index (χ3v) is 7.38. The average molecular weight is 571 g/mol. The molecule has 4 aromatic carbocycles. The maximum absolute atomic E-state index is 15.1.